The van der Waals surface area contributed by atoms with Crippen molar-refractivity contribution in [3.8, 4) is 0 Å². The van der Waals surface area contributed by atoms with Gasteiger partial charge in [0.2, 0.25) is 0 Å². The van der Waals surface area contributed by atoms with Crippen molar-refractivity contribution in [3.63, 3.8) is 0 Å². The van der Waals surface area contributed by atoms with E-state index >= 15 is 0 Å². The first-order chi connectivity index (χ1) is 9.63. The van der Waals surface area contributed by atoms with Crippen molar-refractivity contribution in [2.75, 3.05) is 6.54 Å². The first kappa shape index (κ1) is 14.9. The molecule has 0 aliphatic heterocycles. The minimum absolute atomic E-state index is 0.259. The molecular formula is C15H15ClF2N2. The van der Waals surface area contributed by atoms with Gasteiger partial charge in [-0.15, -0.1) is 0 Å². The molecular weight excluding hydrogens is 282 g/mol. The van der Waals surface area contributed by atoms with E-state index in [1.165, 1.54) is 6.07 Å². The van der Waals surface area contributed by atoms with Crippen LogP contribution in [0.3, 0.4) is 0 Å². The van der Waals surface area contributed by atoms with Crippen molar-refractivity contribution in [1.82, 2.24) is 10.3 Å². The van der Waals surface area contributed by atoms with Crippen LogP contribution >= 0.6 is 11.6 Å². The van der Waals surface area contributed by atoms with Crippen molar-refractivity contribution in [2.45, 2.75) is 19.4 Å². The van der Waals surface area contributed by atoms with Gasteiger partial charge >= 0.3 is 0 Å². The normalized spacial score (nSPS) is 12.4. The molecule has 0 saturated heterocycles. The molecule has 0 aliphatic rings. The molecule has 0 saturated carbocycles. The Kier molecular flexibility index (Phi) is 5.04. The molecule has 2 nitrogen and oxygen atoms in total. The lowest BCUT2D eigenvalue weighted by atomic mass is 10.0. The van der Waals surface area contributed by atoms with Gasteiger partial charge in [-0.1, -0.05) is 30.7 Å². The van der Waals surface area contributed by atoms with E-state index in [0.29, 0.717) is 22.8 Å². The number of halogens is 3. The van der Waals surface area contributed by atoms with Gasteiger partial charge in [0.1, 0.15) is 0 Å². The molecule has 1 unspecified atom stereocenters. The van der Waals surface area contributed by atoms with E-state index in [9.17, 15) is 8.78 Å². The van der Waals surface area contributed by atoms with E-state index < -0.39 is 11.6 Å². The highest BCUT2D eigenvalue weighted by Crippen LogP contribution is 2.25. The molecule has 2 rings (SSSR count). The van der Waals surface area contributed by atoms with Gasteiger partial charge in [-0.25, -0.2) is 8.78 Å². The maximum absolute atomic E-state index is 13.8. The van der Waals surface area contributed by atoms with Gasteiger partial charge in [0.05, 0.1) is 16.8 Å². The molecule has 0 bridgehead atoms. The van der Waals surface area contributed by atoms with E-state index in [4.69, 9.17) is 11.6 Å². The van der Waals surface area contributed by atoms with Crippen molar-refractivity contribution in [1.29, 1.82) is 0 Å². The zero-order valence-corrected chi connectivity index (χ0v) is 11.8. The second-order valence-electron chi connectivity index (χ2n) is 4.40. The Morgan fingerprint density at radius 3 is 2.75 bits per heavy atom. The molecule has 5 heteroatoms. The first-order valence-electron chi connectivity index (χ1n) is 6.40. The first-order valence-corrected chi connectivity index (χ1v) is 6.78. The summed E-state index contributed by atoms with van der Waals surface area (Å²) in [6.07, 6.45) is 1.92. The summed E-state index contributed by atoms with van der Waals surface area (Å²) in [5.74, 6) is -1.66. The van der Waals surface area contributed by atoms with Crippen molar-refractivity contribution in [2.24, 2.45) is 0 Å². The maximum atomic E-state index is 13.8. The fraction of sp³-hybridized carbons (Fsp3) is 0.267. The number of hydrogen-bond acceptors (Lipinski definition) is 2. The number of rotatable bonds is 5. The third kappa shape index (κ3) is 3.32. The topological polar surface area (TPSA) is 24.9 Å². The molecule has 0 amide bonds. The Morgan fingerprint density at radius 2 is 2.05 bits per heavy atom. The average Bonchev–Trinajstić information content (AvgIpc) is 2.44. The van der Waals surface area contributed by atoms with Crippen molar-refractivity contribution >= 4 is 11.6 Å². The number of hydrogen-bond donors (Lipinski definition) is 1. The minimum atomic E-state index is -0.843. The summed E-state index contributed by atoms with van der Waals surface area (Å²) in [5.41, 5.74) is 0.942. The van der Waals surface area contributed by atoms with Crippen LogP contribution in [0.4, 0.5) is 8.78 Å². The lowest BCUT2D eigenvalue weighted by Crippen LogP contribution is -2.24. The highest BCUT2D eigenvalue weighted by molar-refractivity contribution is 6.31. The molecule has 1 aromatic heterocycles. The van der Waals surface area contributed by atoms with Crippen LogP contribution in [0.25, 0.3) is 0 Å². The van der Waals surface area contributed by atoms with E-state index in [2.05, 4.69) is 10.3 Å². The standard InChI is InChI=1S/C15H15ClF2N2/c1-2-19-13(15-11(16)6-4-8-20-15)9-10-5-3-7-12(17)14(10)18/h3-8,13,19H,2,9H2,1H3. The van der Waals surface area contributed by atoms with Crippen molar-refractivity contribution < 1.29 is 8.78 Å². The second-order valence-corrected chi connectivity index (χ2v) is 4.80. The van der Waals surface area contributed by atoms with Gasteiger partial charge in [0, 0.05) is 6.20 Å². The van der Waals surface area contributed by atoms with Gasteiger partial charge < -0.3 is 5.32 Å². The lowest BCUT2D eigenvalue weighted by Gasteiger charge is -2.19. The Balaban J connectivity index is 2.31. The number of nitrogens with zero attached hydrogens (tertiary/aromatic N) is 1. The molecule has 1 atom stereocenters. The molecule has 1 heterocycles. The smallest absolute Gasteiger partial charge is 0.162 e. The maximum Gasteiger partial charge on any atom is 0.162 e. The van der Waals surface area contributed by atoms with E-state index in [1.54, 1.807) is 24.4 Å². The van der Waals surface area contributed by atoms with Gasteiger partial charge in [-0.2, -0.15) is 0 Å². The zero-order valence-electron chi connectivity index (χ0n) is 11.0. The Bertz CT molecular complexity index is 590. The van der Waals surface area contributed by atoms with Crippen LogP contribution in [0, 0.1) is 11.6 Å². The molecule has 2 aromatic rings. The predicted molar refractivity (Wildman–Crippen MR) is 75.7 cm³/mol. The van der Waals surface area contributed by atoms with E-state index in [0.717, 1.165) is 6.07 Å². The van der Waals surface area contributed by atoms with Gasteiger partial charge in [-0.3, -0.25) is 4.98 Å². The molecule has 0 spiro atoms. The minimum Gasteiger partial charge on any atom is -0.309 e. The van der Waals surface area contributed by atoms with Crippen LogP contribution in [0.5, 0.6) is 0 Å². The number of nitrogens with one attached hydrogen (secondary N) is 1. The summed E-state index contributed by atoms with van der Waals surface area (Å²) in [6.45, 7) is 2.61. The Labute approximate surface area is 121 Å². The molecule has 1 aromatic carbocycles. The molecule has 0 aliphatic carbocycles. The van der Waals surface area contributed by atoms with Gasteiger partial charge in [-0.05, 0) is 36.7 Å². The highest BCUT2D eigenvalue weighted by atomic mass is 35.5. The zero-order chi connectivity index (χ0) is 14.5. The predicted octanol–water partition coefficient (Wildman–Crippen LogP) is 3.91. The monoisotopic (exact) mass is 296 g/mol. The fourth-order valence-corrected chi connectivity index (χ4v) is 2.35. The summed E-state index contributed by atoms with van der Waals surface area (Å²) < 4.78 is 27.0. The van der Waals surface area contributed by atoms with Crippen molar-refractivity contribution in [3.05, 3.63) is 64.4 Å². The summed E-state index contributed by atoms with van der Waals surface area (Å²) in [7, 11) is 0. The van der Waals surface area contributed by atoms with Gasteiger partial charge in [0.15, 0.2) is 11.6 Å². The quantitative estimate of drug-likeness (QED) is 0.905. The molecule has 0 fully saturated rings. The number of pyridine rings is 1. The van der Waals surface area contributed by atoms with Crippen LogP contribution in [0.15, 0.2) is 36.5 Å². The molecule has 1 N–H and O–H groups in total. The van der Waals surface area contributed by atoms with Crippen LogP contribution in [0.1, 0.15) is 24.2 Å². The summed E-state index contributed by atoms with van der Waals surface area (Å²) in [4.78, 5) is 4.23. The Morgan fingerprint density at radius 1 is 1.25 bits per heavy atom. The number of likely N-dealkylation sites (N-methyl/N-ethyl adjacent to an activating group) is 1. The number of benzene rings is 1. The highest BCUT2D eigenvalue weighted by Gasteiger charge is 2.18. The molecule has 0 radical (unpaired) electrons. The van der Waals surface area contributed by atoms with E-state index in [-0.39, 0.29) is 12.5 Å². The summed E-state index contributed by atoms with van der Waals surface area (Å²) >= 11 is 6.12. The third-order valence-corrected chi connectivity index (χ3v) is 3.34. The van der Waals surface area contributed by atoms with E-state index in [1.807, 2.05) is 6.92 Å². The largest absolute Gasteiger partial charge is 0.309 e. The van der Waals surface area contributed by atoms with Crippen LogP contribution < -0.4 is 5.32 Å². The summed E-state index contributed by atoms with van der Waals surface area (Å²) in [5, 5.41) is 3.71. The number of aromatic nitrogens is 1. The SMILES string of the molecule is CCNC(Cc1cccc(F)c1F)c1ncccc1Cl. The molecule has 106 valence electrons. The van der Waals surface area contributed by atoms with Crippen LogP contribution in [-0.2, 0) is 6.42 Å². The second kappa shape index (κ2) is 6.77. The lowest BCUT2D eigenvalue weighted by molar-refractivity contribution is 0.478. The fourth-order valence-electron chi connectivity index (χ4n) is 2.09. The average molecular weight is 297 g/mol. The molecule has 20 heavy (non-hydrogen) atoms. The third-order valence-electron chi connectivity index (χ3n) is 3.02. The van der Waals surface area contributed by atoms with Crippen LogP contribution in [0.2, 0.25) is 5.02 Å². The van der Waals surface area contributed by atoms with Gasteiger partial charge in [0.25, 0.3) is 0 Å². The Hall–Kier alpha value is -1.52. The summed E-state index contributed by atoms with van der Waals surface area (Å²) in [6, 6.07) is 7.38. The van der Waals surface area contributed by atoms with Crippen LogP contribution in [-0.4, -0.2) is 11.5 Å².